The molecule has 0 radical (unpaired) electrons. The van der Waals surface area contributed by atoms with Crippen molar-refractivity contribution in [1.29, 1.82) is 0 Å². The van der Waals surface area contributed by atoms with Crippen molar-refractivity contribution in [2.75, 3.05) is 24.6 Å². The highest BCUT2D eigenvalue weighted by molar-refractivity contribution is 5.87. The van der Waals surface area contributed by atoms with Gasteiger partial charge in [0.25, 0.3) is 0 Å². The minimum absolute atomic E-state index is 0.192. The lowest BCUT2D eigenvalue weighted by atomic mass is 9.81. The van der Waals surface area contributed by atoms with Crippen LogP contribution >= 0.6 is 0 Å². The summed E-state index contributed by atoms with van der Waals surface area (Å²) in [5, 5.41) is 10.9. The summed E-state index contributed by atoms with van der Waals surface area (Å²) in [6.45, 7) is 1.94. The number of piperidine rings is 1. The van der Waals surface area contributed by atoms with E-state index in [-0.39, 0.29) is 12.5 Å². The number of nitrogens with zero attached hydrogens (tertiary/aromatic N) is 3. The van der Waals surface area contributed by atoms with Gasteiger partial charge in [-0.3, -0.25) is 0 Å². The van der Waals surface area contributed by atoms with Crippen LogP contribution in [0.2, 0.25) is 0 Å². The number of nitrogens with one attached hydrogen (secondary N) is 1. The van der Waals surface area contributed by atoms with E-state index < -0.39 is 0 Å². The van der Waals surface area contributed by atoms with Gasteiger partial charge in [0.1, 0.15) is 17.8 Å². The first kappa shape index (κ1) is 14.2. The Hall–Kier alpha value is -2.40. The van der Waals surface area contributed by atoms with Crippen LogP contribution < -0.4 is 4.90 Å². The van der Waals surface area contributed by atoms with Crippen LogP contribution in [-0.4, -0.2) is 39.8 Å². The first-order valence-electron chi connectivity index (χ1n) is 8.05. The normalized spacial score (nSPS) is 21.7. The molecule has 1 aliphatic heterocycles. The molecule has 5 nitrogen and oxygen atoms in total. The summed E-state index contributed by atoms with van der Waals surface area (Å²) in [5.41, 5.74) is 2.18. The number of benzene rings is 1. The third-order valence-corrected chi connectivity index (χ3v) is 4.83. The molecule has 3 heterocycles. The number of fused-ring (bicyclic) bond motifs is 1. The highest BCUT2D eigenvalue weighted by atomic mass is 16.3. The van der Waals surface area contributed by atoms with Crippen LogP contribution in [0.15, 0.2) is 48.9 Å². The molecule has 0 unspecified atom stereocenters. The van der Waals surface area contributed by atoms with E-state index in [1.54, 1.807) is 6.33 Å². The van der Waals surface area contributed by atoms with Crippen LogP contribution in [0.4, 0.5) is 5.82 Å². The minimum atomic E-state index is 0.192. The number of aliphatic hydroxyl groups is 1. The molecule has 4 rings (SSSR count). The number of hydrogen-bond donors (Lipinski definition) is 2. The van der Waals surface area contributed by atoms with Crippen LogP contribution in [0.5, 0.6) is 0 Å². The summed E-state index contributed by atoms with van der Waals surface area (Å²) in [6.07, 6.45) is 4.51. The van der Waals surface area contributed by atoms with Gasteiger partial charge in [0, 0.05) is 31.8 Å². The topological polar surface area (TPSA) is 65.0 Å². The first-order chi connectivity index (χ1) is 11.4. The fraction of sp³-hybridized carbons (Fsp3) is 0.333. The Kier molecular flexibility index (Phi) is 3.71. The highest BCUT2D eigenvalue weighted by Gasteiger charge is 2.31. The van der Waals surface area contributed by atoms with Gasteiger partial charge in [-0.1, -0.05) is 30.3 Å². The largest absolute Gasteiger partial charge is 0.396 e. The van der Waals surface area contributed by atoms with Crippen LogP contribution in [0.1, 0.15) is 17.9 Å². The van der Waals surface area contributed by atoms with Crippen molar-refractivity contribution in [2.24, 2.45) is 5.92 Å². The highest BCUT2D eigenvalue weighted by Crippen LogP contribution is 2.35. The molecule has 1 aliphatic rings. The van der Waals surface area contributed by atoms with E-state index in [4.69, 9.17) is 0 Å². The molecule has 0 aliphatic carbocycles. The van der Waals surface area contributed by atoms with Crippen molar-refractivity contribution in [3.05, 3.63) is 54.5 Å². The second-order valence-electron chi connectivity index (χ2n) is 6.13. The quantitative estimate of drug-likeness (QED) is 0.780. The number of aliphatic hydroxyl groups excluding tert-OH is 1. The Morgan fingerprint density at radius 3 is 2.87 bits per heavy atom. The van der Waals surface area contributed by atoms with Crippen molar-refractivity contribution in [1.82, 2.24) is 15.0 Å². The molecule has 1 saturated heterocycles. The maximum absolute atomic E-state index is 9.90. The van der Waals surface area contributed by atoms with Gasteiger partial charge in [0.2, 0.25) is 0 Å². The summed E-state index contributed by atoms with van der Waals surface area (Å²) >= 11 is 0. The summed E-state index contributed by atoms with van der Waals surface area (Å²) in [6, 6.07) is 12.5. The molecule has 5 heteroatoms. The van der Waals surface area contributed by atoms with E-state index in [2.05, 4.69) is 44.1 Å². The summed E-state index contributed by atoms with van der Waals surface area (Å²) < 4.78 is 0. The van der Waals surface area contributed by atoms with E-state index in [9.17, 15) is 5.11 Å². The molecule has 3 aromatic rings. The number of aromatic nitrogens is 3. The van der Waals surface area contributed by atoms with E-state index in [1.165, 1.54) is 5.56 Å². The molecule has 2 aromatic heterocycles. The SMILES string of the molecule is OC[C@H]1CN(c2ncnc3[nH]ccc23)CC[C@H]1c1ccccc1. The van der Waals surface area contributed by atoms with Crippen LogP contribution in [-0.2, 0) is 0 Å². The number of rotatable bonds is 3. The fourth-order valence-electron chi connectivity index (χ4n) is 3.66. The van der Waals surface area contributed by atoms with Crippen molar-refractivity contribution < 1.29 is 5.11 Å². The van der Waals surface area contributed by atoms with Gasteiger partial charge < -0.3 is 15.0 Å². The van der Waals surface area contributed by atoms with Crippen molar-refractivity contribution in [2.45, 2.75) is 12.3 Å². The number of anilines is 1. The monoisotopic (exact) mass is 308 g/mol. The van der Waals surface area contributed by atoms with E-state index in [0.29, 0.717) is 5.92 Å². The van der Waals surface area contributed by atoms with Gasteiger partial charge in [-0.05, 0) is 24.0 Å². The van der Waals surface area contributed by atoms with Gasteiger partial charge in [0.15, 0.2) is 0 Å². The van der Waals surface area contributed by atoms with Gasteiger partial charge in [-0.2, -0.15) is 0 Å². The second kappa shape index (κ2) is 6.01. The van der Waals surface area contributed by atoms with Crippen LogP contribution in [0, 0.1) is 5.92 Å². The van der Waals surface area contributed by atoms with Crippen molar-refractivity contribution in [3.63, 3.8) is 0 Å². The van der Waals surface area contributed by atoms with Crippen LogP contribution in [0.25, 0.3) is 11.0 Å². The molecule has 0 spiro atoms. The van der Waals surface area contributed by atoms with Crippen molar-refractivity contribution >= 4 is 16.9 Å². The van der Waals surface area contributed by atoms with Gasteiger partial charge in [0.05, 0.1) is 5.39 Å². The molecule has 0 amide bonds. The Labute approximate surface area is 135 Å². The van der Waals surface area contributed by atoms with Gasteiger partial charge >= 0.3 is 0 Å². The van der Waals surface area contributed by atoms with Gasteiger partial charge in [-0.15, -0.1) is 0 Å². The third-order valence-electron chi connectivity index (χ3n) is 4.83. The maximum atomic E-state index is 9.90. The third kappa shape index (κ3) is 2.57. The lowest BCUT2D eigenvalue weighted by molar-refractivity contribution is 0.189. The molecule has 118 valence electrons. The second-order valence-corrected chi connectivity index (χ2v) is 6.13. The number of aromatic amines is 1. The Bertz CT molecular complexity index is 786. The lowest BCUT2D eigenvalue weighted by Gasteiger charge is -2.38. The maximum Gasteiger partial charge on any atom is 0.142 e. The zero-order chi connectivity index (χ0) is 15.6. The van der Waals surface area contributed by atoms with E-state index >= 15 is 0 Å². The molecule has 1 aromatic carbocycles. The summed E-state index contributed by atoms with van der Waals surface area (Å²) in [4.78, 5) is 14.1. The molecule has 1 fully saturated rings. The smallest absolute Gasteiger partial charge is 0.142 e. The molecule has 0 saturated carbocycles. The fourth-order valence-corrected chi connectivity index (χ4v) is 3.66. The predicted octanol–water partition coefficient (Wildman–Crippen LogP) is 2.56. The number of H-pyrrole nitrogens is 1. The zero-order valence-corrected chi connectivity index (χ0v) is 12.9. The molecule has 0 bridgehead atoms. The molecular weight excluding hydrogens is 288 g/mol. The Morgan fingerprint density at radius 1 is 1.17 bits per heavy atom. The summed E-state index contributed by atoms with van der Waals surface area (Å²) in [5.74, 6) is 1.58. The lowest BCUT2D eigenvalue weighted by Crippen LogP contribution is -2.41. The zero-order valence-electron chi connectivity index (χ0n) is 12.9. The predicted molar refractivity (Wildman–Crippen MR) is 90.5 cm³/mol. The molecule has 2 N–H and O–H groups in total. The standard InChI is InChI=1S/C18H20N4O/c23-11-14-10-22(9-7-15(14)13-4-2-1-3-5-13)18-16-6-8-19-17(16)20-12-21-18/h1-6,8,12,14-15,23H,7,9-11H2,(H,19,20,21)/t14-,15+/m1/s1. The minimum Gasteiger partial charge on any atom is -0.396 e. The first-order valence-corrected chi connectivity index (χ1v) is 8.05. The molecule has 23 heavy (non-hydrogen) atoms. The van der Waals surface area contributed by atoms with Crippen molar-refractivity contribution in [3.8, 4) is 0 Å². The van der Waals surface area contributed by atoms with E-state index in [1.807, 2.05) is 18.3 Å². The average molecular weight is 308 g/mol. The number of hydrogen-bond acceptors (Lipinski definition) is 4. The summed E-state index contributed by atoms with van der Waals surface area (Å²) in [7, 11) is 0. The van der Waals surface area contributed by atoms with Crippen LogP contribution in [0.3, 0.4) is 0 Å². The van der Waals surface area contributed by atoms with E-state index in [0.717, 1.165) is 36.4 Å². The Morgan fingerprint density at radius 2 is 2.04 bits per heavy atom. The molecular formula is C18H20N4O. The average Bonchev–Trinajstić information content (AvgIpc) is 3.10. The molecule has 2 atom stereocenters. The van der Waals surface area contributed by atoms with Gasteiger partial charge in [-0.25, -0.2) is 9.97 Å². The Balaban J connectivity index is 1.61.